The lowest BCUT2D eigenvalue weighted by atomic mass is 10.2. The normalized spacial score (nSPS) is 11.6. The number of benzene rings is 3. The molecular weight excluding hydrogens is 466 g/mol. The third kappa shape index (κ3) is 5.11. The number of rotatable bonds is 7. The van der Waals surface area contributed by atoms with Crippen molar-refractivity contribution in [2.75, 3.05) is 0 Å². The number of ether oxygens (including phenoxy) is 1. The van der Waals surface area contributed by atoms with Crippen molar-refractivity contribution < 1.29 is 19.1 Å². The van der Waals surface area contributed by atoms with Crippen LogP contribution in [0.4, 0.5) is 0 Å². The molecule has 0 saturated heterocycles. The molecule has 150 valence electrons. The standard InChI is InChI=1S/C23H16BrNO4S/c24-17-9-5-16(6-10-17)14-28-18-11-7-15(8-12-18)13-21(22(26)27)30-23-25-19-3-1-2-4-20(19)29-23/h1-13H,14H2,(H,26,27)/b21-13-. The average molecular weight is 482 g/mol. The maximum Gasteiger partial charge on any atom is 0.342 e. The molecule has 1 N–H and O–H groups in total. The largest absolute Gasteiger partial charge is 0.489 e. The van der Waals surface area contributed by atoms with Crippen LogP contribution < -0.4 is 4.74 Å². The summed E-state index contributed by atoms with van der Waals surface area (Å²) in [4.78, 5) is 16.1. The van der Waals surface area contributed by atoms with Gasteiger partial charge in [0, 0.05) is 4.47 Å². The number of para-hydroxylation sites is 2. The van der Waals surface area contributed by atoms with Crippen LogP contribution in [0.2, 0.25) is 0 Å². The highest BCUT2D eigenvalue weighted by atomic mass is 79.9. The number of nitrogens with zero attached hydrogens (tertiary/aromatic N) is 1. The SMILES string of the molecule is O=C(O)/C(=C/c1ccc(OCc2ccc(Br)cc2)cc1)Sc1nc2ccccc2o1. The van der Waals surface area contributed by atoms with Crippen molar-refractivity contribution in [3.63, 3.8) is 0 Å². The number of hydrogen-bond acceptors (Lipinski definition) is 5. The lowest BCUT2D eigenvalue weighted by Crippen LogP contribution is -1.97. The van der Waals surface area contributed by atoms with Gasteiger partial charge in [0.1, 0.15) is 22.8 Å². The molecule has 7 heteroatoms. The summed E-state index contributed by atoms with van der Waals surface area (Å²) >= 11 is 4.39. The second kappa shape index (κ2) is 9.19. The zero-order valence-electron chi connectivity index (χ0n) is 15.6. The van der Waals surface area contributed by atoms with Gasteiger partial charge in [-0.2, -0.15) is 0 Å². The van der Waals surface area contributed by atoms with Crippen LogP contribution in [-0.2, 0) is 11.4 Å². The topological polar surface area (TPSA) is 72.6 Å². The third-order valence-corrected chi connectivity index (χ3v) is 5.57. The monoisotopic (exact) mass is 481 g/mol. The fourth-order valence-electron chi connectivity index (χ4n) is 2.68. The first-order valence-electron chi connectivity index (χ1n) is 9.02. The van der Waals surface area contributed by atoms with E-state index in [4.69, 9.17) is 9.15 Å². The number of hydrogen-bond donors (Lipinski definition) is 1. The van der Waals surface area contributed by atoms with E-state index in [0.717, 1.165) is 27.4 Å². The van der Waals surface area contributed by atoms with Gasteiger partial charge in [0.05, 0.1) is 0 Å². The summed E-state index contributed by atoms with van der Waals surface area (Å²) in [5, 5.41) is 9.86. The van der Waals surface area contributed by atoms with E-state index in [1.807, 2.05) is 66.7 Å². The van der Waals surface area contributed by atoms with E-state index < -0.39 is 5.97 Å². The van der Waals surface area contributed by atoms with Gasteiger partial charge >= 0.3 is 5.97 Å². The molecule has 0 spiro atoms. The number of thioether (sulfide) groups is 1. The molecule has 30 heavy (non-hydrogen) atoms. The van der Waals surface area contributed by atoms with Crippen molar-refractivity contribution in [2.45, 2.75) is 11.8 Å². The van der Waals surface area contributed by atoms with Crippen molar-refractivity contribution in [3.05, 3.63) is 93.3 Å². The van der Waals surface area contributed by atoms with Gasteiger partial charge in [0.2, 0.25) is 0 Å². The van der Waals surface area contributed by atoms with Crippen LogP contribution in [0.3, 0.4) is 0 Å². The Hall–Kier alpha value is -3.03. The van der Waals surface area contributed by atoms with Gasteiger partial charge in [-0.25, -0.2) is 9.78 Å². The summed E-state index contributed by atoms with van der Waals surface area (Å²) < 4.78 is 12.4. The molecule has 0 amide bonds. The van der Waals surface area contributed by atoms with Gasteiger partial charge in [-0.05, 0) is 65.4 Å². The summed E-state index contributed by atoms with van der Waals surface area (Å²) in [6.07, 6.45) is 1.58. The fraction of sp³-hybridized carbons (Fsp3) is 0.0435. The Morgan fingerprint density at radius 2 is 1.80 bits per heavy atom. The van der Waals surface area contributed by atoms with Gasteiger partial charge in [-0.15, -0.1) is 0 Å². The minimum Gasteiger partial charge on any atom is -0.489 e. The Bertz CT molecular complexity index is 1170. The number of carboxylic acid groups (broad SMARTS) is 1. The number of oxazole rings is 1. The number of fused-ring (bicyclic) bond motifs is 1. The lowest BCUT2D eigenvalue weighted by molar-refractivity contribution is -0.131. The number of aliphatic carboxylic acids is 1. The molecule has 0 bridgehead atoms. The van der Waals surface area contributed by atoms with Crippen LogP contribution in [-0.4, -0.2) is 16.1 Å². The predicted molar refractivity (Wildman–Crippen MR) is 120 cm³/mol. The van der Waals surface area contributed by atoms with Crippen molar-refractivity contribution >= 4 is 50.8 Å². The van der Waals surface area contributed by atoms with Crippen LogP contribution in [0.15, 0.2) is 91.8 Å². The second-order valence-electron chi connectivity index (χ2n) is 6.35. The first-order valence-corrected chi connectivity index (χ1v) is 10.6. The molecule has 0 saturated carbocycles. The van der Waals surface area contributed by atoms with Gasteiger partial charge in [-0.1, -0.05) is 52.3 Å². The molecule has 4 aromatic rings. The van der Waals surface area contributed by atoms with E-state index in [-0.39, 0.29) is 4.91 Å². The van der Waals surface area contributed by atoms with Crippen molar-refractivity contribution in [1.29, 1.82) is 0 Å². The third-order valence-electron chi connectivity index (χ3n) is 4.18. The molecule has 5 nitrogen and oxygen atoms in total. The highest BCUT2D eigenvalue weighted by Gasteiger charge is 2.14. The summed E-state index contributed by atoms with van der Waals surface area (Å²) in [6.45, 7) is 0.455. The summed E-state index contributed by atoms with van der Waals surface area (Å²) in [5.41, 5.74) is 3.12. The summed E-state index contributed by atoms with van der Waals surface area (Å²) in [6, 6.07) is 22.5. The zero-order valence-corrected chi connectivity index (χ0v) is 18.0. The van der Waals surface area contributed by atoms with Crippen molar-refractivity contribution in [2.24, 2.45) is 0 Å². The van der Waals surface area contributed by atoms with E-state index in [2.05, 4.69) is 20.9 Å². The van der Waals surface area contributed by atoms with E-state index in [1.165, 1.54) is 0 Å². The second-order valence-corrected chi connectivity index (χ2v) is 8.26. The number of aromatic nitrogens is 1. The zero-order chi connectivity index (χ0) is 20.9. The Kier molecular flexibility index (Phi) is 6.21. The molecule has 1 heterocycles. The van der Waals surface area contributed by atoms with Gasteiger partial charge < -0.3 is 14.3 Å². The molecule has 3 aromatic carbocycles. The molecule has 0 unspecified atom stereocenters. The molecular formula is C23H16BrNO4S. The van der Waals surface area contributed by atoms with Crippen LogP contribution >= 0.6 is 27.7 Å². The molecule has 0 aliphatic carbocycles. The number of carbonyl (C=O) groups is 1. The Labute approximate surface area is 185 Å². The molecule has 0 aliphatic rings. The highest BCUT2D eigenvalue weighted by Crippen LogP contribution is 2.31. The lowest BCUT2D eigenvalue weighted by Gasteiger charge is -2.07. The first-order chi connectivity index (χ1) is 14.6. The van der Waals surface area contributed by atoms with E-state index in [1.54, 1.807) is 12.1 Å². The molecule has 0 atom stereocenters. The Morgan fingerprint density at radius 1 is 1.07 bits per heavy atom. The maximum atomic E-state index is 11.7. The minimum absolute atomic E-state index is 0.116. The molecule has 0 fully saturated rings. The van der Waals surface area contributed by atoms with Crippen LogP contribution in [0.1, 0.15) is 11.1 Å². The average Bonchev–Trinajstić information content (AvgIpc) is 3.16. The summed E-state index contributed by atoms with van der Waals surface area (Å²) in [5.74, 6) is -0.337. The molecule has 4 rings (SSSR count). The van der Waals surface area contributed by atoms with Gasteiger partial charge in [0.15, 0.2) is 5.58 Å². The van der Waals surface area contributed by atoms with Crippen molar-refractivity contribution in [1.82, 2.24) is 4.98 Å². The quantitative estimate of drug-likeness (QED) is 0.243. The van der Waals surface area contributed by atoms with Crippen molar-refractivity contribution in [3.8, 4) is 5.75 Å². The summed E-state index contributed by atoms with van der Waals surface area (Å²) in [7, 11) is 0. The van der Waals surface area contributed by atoms with Gasteiger partial charge in [-0.3, -0.25) is 0 Å². The molecule has 1 aromatic heterocycles. The number of carboxylic acids is 1. The predicted octanol–water partition coefficient (Wildman–Crippen LogP) is 6.39. The Morgan fingerprint density at radius 3 is 2.50 bits per heavy atom. The first kappa shape index (κ1) is 20.3. The Balaban J connectivity index is 1.45. The smallest absolute Gasteiger partial charge is 0.342 e. The molecule has 0 radical (unpaired) electrons. The van der Waals surface area contributed by atoms with E-state index in [0.29, 0.717) is 28.7 Å². The molecule has 0 aliphatic heterocycles. The van der Waals surface area contributed by atoms with E-state index in [9.17, 15) is 9.90 Å². The maximum absolute atomic E-state index is 11.7. The van der Waals surface area contributed by atoms with E-state index >= 15 is 0 Å². The fourth-order valence-corrected chi connectivity index (χ4v) is 3.69. The van der Waals surface area contributed by atoms with Crippen LogP contribution in [0.25, 0.3) is 17.2 Å². The van der Waals surface area contributed by atoms with Crippen LogP contribution in [0, 0.1) is 0 Å². The number of halogens is 1. The highest BCUT2D eigenvalue weighted by molar-refractivity contribution is 9.10. The minimum atomic E-state index is -1.04. The van der Waals surface area contributed by atoms with Gasteiger partial charge in [0.25, 0.3) is 5.22 Å². The van der Waals surface area contributed by atoms with Crippen LogP contribution in [0.5, 0.6) is 5.75 Å².